The summed E-state index contributed by atoms with van der Waals surface area (Å²) in [5.41, 5.74) is 5.33. The molecule has 0 fully saturated rings. The predicted molar refractivity (Wildman–Crippen MR) is 94.9 cm³/mol. The largest absolute Gasteiger partial charge is 0.394 e. The molecule has 0 radical (unpaired) electrons. The van der Waals surface area contributed by atoms with E-state index in [2.05, 4.69) is 5.32 Å². The quantitative estimate of drug-likeness (QED) is 0.113. The lowest BCUT2D eigenvalue weighted by molar-refractivity contribution is -0.148. The molecule has 11 heteroatoms. The molecule has 0 aliphatic rings. The lowest BCUT2D eigenvalue weighted by atomic mass is 10.0. The van der Waals surface area contributed by atoms with Gasteiger partial charge in [0.15, 0.2) is 6.10 Å². The van der Waals surface area contributed by atoms with Crippen molar-refractivity contribution in [1.82, 2.24) is 5.32 Å². The van der Waals surface area contributed by atoms with E-state index in [0.29, 0.717) is 52.6 Å². The maximum atomic E-state index is 11.6. The first kappa shape index (κ1) is 26.1. The number of carbonyl (C=O) groups excluding carboxylic acids is 1. The number of aliphatic hydroxyl groups is 5. The van der Waals surface area contributed by atoms with Gasteiger partial charge in [0.25, 0.3) is 5.91 Å². The standard InChI is InChI=1S/C16H34N2O9/c17-3-1-5-25-7-9-27-10-8-26-6-2-4-18-16(24)15(23)14(22)13(21)12(20)11-19/h12-15,19-23H,1-11,17H2,(H,18,24). The second kappa shape index (κ2) is 17.2. The zero-order valence-electron chi connectivity index (χ0n) is 15.5. The van der Waals surface area contributed by atoms with Gasteiger partial charge in [-0.05, 0) is 19.4 Å². The SMILES string of the molecule is NCCCOCCOCCOCCCNC(=O)C(O)C(O)C(O)C(O)CO. The second-order valence-corrected chi connectivity index (χ2v) is 5.80. The fourth-order valence-corrected chi connectivity index (χ4v) is 1.90. The molecular weight excluding hydrogens is 364 g/mol. The third-order valence-corrected chi connectivity index (χ3v) is 3.52. The molecule has 0 saturated carbocycles. The smallest absolute Gasteiger partial charge is 0.251 e. The summed E-state index contributed by atoms with van der Waals surface area (Å²) in [4.78, 5) is 11.6. The Balaban J connectivity index is 3.57. The van der Waals surface area contributed by atoms with E-state index in [1.165, 1.54) is 0 Å². The summed E-state index contributed by atoms with van der Waals surface area (Å²) in [5, 5.41) is 48.9. The van der Waals surface area contributed by atoms with Crippen LogP contribution in [0.15, 0.2) is 0 Å². The Labute approximate surface area is 159 Å². The normalized spacial score (nSPS) is 15.9. The van der Waals surface area contributed by atoms with E-state index < -0.39 is 36.9 Å². The summed E-state index contributed by atoms with van der Waals surface area (Å²) >= 11 is 0. The van der Waals surface area contributed by atoms with Crippen LogP contribution in [0.1, 0.15) is 12.8 Å². The molecule has 4 atom stereocenters. The van der Waals surface area contributed by atoms with Crippen LogP contribution in [0.3, 0.4) is 0 Å². The lowest BCUT2D eigenvalue weighted by Crippen LogP contribution is -2.51. The van der Waals surface area contributed by atoms with Gasteiger partial charge in [0.2, 0.25) is 0 Å². The molecule has 0 aromatic carbocycles. The molecule has 0 heterocycles. The Morgan fingerprint density at radius 1 is 0.852 bits per heavy atom. The van der Waals surface area contributed by atoms with Crippen molar-refractivity contribution in [1.29, 1.82) is 0 Å². The van der Waals surface area contributed by atoms with Crippen molar-refractivity contribution in [2.45, 2.75) is 37.3 Å². The fraction of sp³-hybridized carbons (Fsp3) is 0.938. The van der Waals surface area contributed by atoms with Gasteiger partial charge in [0, 0.05) is 19.8 Å². The number of nitrogens with one attached hydrogen (secondary N) is 1. The topological polar surface area (TPSA) is 184 Å². The minimum absolute atomic E-state index is 0.192. The van der Waals surface area contributed by atoms with Crippen molar-refractivity contribution < 1.29 is 44.5 Å². The summed E-state index contributed by atoms with van der Waals surface area (Å²) in [6.45, 7) is 2.75. The van der Waals surface area contributed by atoms with Crippen LogP contribution < -0.4 is 11.1 Å². The average Bonchev–Trinajstić information content (AvgIpc) is 2.68. The molecule has 162 valence electrons. The highest BCUT2D eigenvalue weighted by molar-refractivity contribution is 5.81. The van der Waals surface area contributed by atoms with Crippen LogP contribution in [0.25, 0.3) is 0 Å². The van der Waals surface area contributed by atoms with Gasteiger partial charge in [-0.3, -0.25) is 4.79 Å². The number of ether oxygens (including phenoxy) is 3. The maximum absolute atomic E-state index is 11.6. The zero-order chi connectivity index (χ0) is 20.5. The Morgan fingerprint density at radius 2 is 1.37 bits per heavy atom. The van der Waals surface area contributed by atoms with Gasteiger partial charge >= 0.3 is 0 Å². The predicted octanol–water partition coefficient (Wildman–Crippen LogP) is -3.67. The van der Waals surface area contributed by atoms with Crippen molar-refractivity contribution in [3.8, 4) is 0 Å². The van der Waals surface area contributed by atoms with Crippen molar-refractivity contribution in [2.24, 2.45) is 5.73 Å². The van der Waals surface area contributed by atoms with E-state index in [9.17, 15) is 25.2 Å². The number of rotatable bonds is 18. The summed E-state index contributed by atoms with van der Waals surface area (Å²) in [6, 6.07) is 0. The van der Waals surface area contributed by atoms with Gasteiger partial charge in [0.1, 0.15) is 18.3 Å². The number of hydrogen-bond donors (Lipinski definition) is 7. The summed E-state index contributed by atoms with van der Waals surface area (Å²) in [6.07, 6.45) is -6.05. The van der Waals surface area contributed by atoms with Crippen LogP contribution in [0.5, 0.6) is 0 Å². The van der Waals surface area contributed by atoms with E-state index in [1.807, 2.05) is 0 Å². The highest BCUT2D eigenvalue weighted by atomic mass is 16.5. The second-order valence-electron chi connectivity index (χ2n) is 5.80. The van der Waals surface area contributed by atoms with Crippen LogP contribution in [-0.4, -0.2) is 115 Å². The van der Waals surface area contributed by atoms with Crippen molar-refractivity contribution in [3.63, 3.8) is 0 Å². The van der Waals surface area contributed by atoms with Crippen molar-refractivity contribution >= 4 is 5.91 Å². The van der Waals surface area contributed by atoms with E-state index in [0.717, 1.165) is 6.42 Å². The molecule has 0 spiro atoms. The Hall–Kier alpha value is -0.890. The van der Waals surface area contributed by atoms with Crippen LogP contribution in [-0.2, 0) is 19.0 Å². The van der Waals surface area contributed by atoms with Gasteiger partial charge in [0.05, 0.1) is 33.0 Å². The molecule has 8 N–H and O–H groups in total. The molecule has 0 aromatic heterocycles. The van der Waals surface area contributed by atoms with E-state index in [-0.39, 0.29) is 6.54 Å². The molecule has 4 unspecified atom stereocenters. The Kier molecular flexibility index (Phi) is 16.7. The minimum atomic E-state index is -1.93. The third-order valence-electron chi connectivity index (χ3n) is 3.52. The molecule has 0 saturated heterocycles. The molecular formula is C16H34N2O9. The molecule has 1 amide bonds. The van der Waals surface area contributed by atoms with Crippen LogP contribution in [0, 0.1) is 0 Å². The number of nitrogens with two attached hydrogens (primary N) is 1. The first-order valence-corrected chi connectivity index (χ1v) is 8.99. The van der Waals surface area contributed by atoms with Gasteiger partial charge in [-0.25, -0.2) is 0 Å². The first-order chi connectivity index (χ1) is 13.0. The van der Waals surface area contributed by atoms with Gasteiger partial charge in [-0.1, -0.05) is 0 Å². The van der Waals surface area contributed by atoms with E-state index in [1.54, 1.807) is 0 Å². The highest BCUT2D eigenvalue weighted by Gasteiger charge is 2.33. The van der Waals surface area contributed by atoms with Crippen LogP contribution in [0.2, 0.25) is 0 Å². The van der Waals surface area contributed by atoms with Gasteiger partial charge in [-0.15, -0.1) is 0 Å². The lowest BCUT2D eigenvalue weighted by Gasteiger charge is -2.24. The summed E-state index contributed by atoms with van der Waals surface area (Å²) in [7, 11) is 0. The number of hydrogen-bond acceptors (Lipinski definition) is 10. The van der Waals surface area contributed by atoms with E-state index >= 15 is 0 Å². The van der Waals surface area contributed by atoms with Gasteiger partial charge < -0.3 is 50.8 Å². The summed E-state index contributed by atoms with van der Waals surface area (Å²) < 4.78 is 15.9. The molecule has 0 aliphatic carbocycles. The molecule has 0 aliphatic heterocycles. The van der Waals surface area contributed by atoms with Crippen molar-refractivity contribution in [2.75, 3.05) is 59.3 Å². The van der Waals surface area contributed by atoms with Crippen LogP contribution in [0.4, 0.5) is 0 Å². The molecule has 27 heavy (non-hydrogen) atoms. The van der Waals surface area contributed by atoms with Crippen molar-refractivity contribution in [3.05, 3.63) is 0 Å². The third kappa shape index (κ3) is 13.0. The minimum Gasteiger partial charge on any atom is -0.394 e. The number of carbonyl (C=O) groups is 1. The molecule has 0 aromatic rings. The van der Waals surface area contributed by atoms with Crippen LogP contribution >= 0.6 is 0 Å². The first-order valence-electron chi connectivity index (χ1n) is 8.99. The zero-order valence-corrected chi connectivity index (χ0v) is 15.5. The maximum Gasteiger partial charge on any atom is 0.251 e. The molecule has 0 bridgehead atoms. The summed E-state index contributed by atoms with van der Waals surface area (Å²) in [5.74, 6) is -0.898. The highest BCUT2D eigenvalue weighted by Crippen LogP contribution is 2.05. The monoisotopic (exact) mass is 398 g/mol. The van der Waals surface area contributed by atoms with Gasteiger partial charge in [-0.2, -0.15) is 0 Å². The number of aliphatic hydroxyl groups excluding tert-OH is 5. The Morgan fingerprint density at radius 3 is 1.89 bits per heavy atom. The fourth-order valence-electron chi connectivity index (χ4n) is 1.90. The Bertz CT molecular complexity index is 363. The molecule has 11 nitrogen and oxygen atoms in total. The van der Waals surface area contributed by atoms with E-state index in [4.69, 9.17) is 25.1 Å². The average molecular weight is 398 g/mol. The molecule has 0 rings (SSSR count). The number of amides is 1.